The number of halogens is 1. The highest BCUT2D eigenvalue weighted by Crippen LogP contribution is 2.47. The lowest BCUT2D eigenvalue weighted by Gasteiger charge is -2.38. The zero-order valence-corrected chi connectivity index (χ0v) is 18.5. The minimum Gasteiger partial charge on any atom is -0.491 e. The van der Waals surface area contributed by atoms with E-state index in [0.29, 0.717) is 11.2 Å². The quantitative estimate of drug-likeness (QED) is 0.195. The van der Waals surface area contributed by atoms with E-state index in [-0.39, 0.29) is 42.8 Å². The zero-order chi connectivity index (χ0) is 19.3. The molecule has 156 valence electrons. The number of benzene rings is 1. The fourth-order valence-corrected chi connectivity index (χ4v) is 3.73. The number of aliphatic hydroxyl groups is 1. The summed E-state index contributed by atoms with van der Waals surface area (Å²) in [7, 11) is 0. The summed E-state index contributed by atoms with van der Waals surface area (Å²) >= 11 is 0. The van der Waals surface area contributed by atoms with Crippen LogP contribution in [0.4, 0.5) is 5.69 Å². The van der Waals surface area contributed by atoms with E-state index in [0.717, 1.165) is 25.6 Å². The molecule has 1 spiro atoms. The second-order valence-electron chi connectivity index (χ2n) is 7.44. The standard InChI is InChI=1S/C19H28N4O4.HI/c1-2-20-18(22-11-10-19(14-22)8-3-9-19)21-12-16(24)13-27-17-6-4-15(5-7-17)23(25)26;/h4-7,16,24H,2-3,8-14H2,1H3,(H,20,21);1H. The Morgan fingerprint density at radius 3 is 2.64 bits per heavy atom. The van der Waals surface area contributed by atoms with Crippen molar-refractivity contribution in [1.29, 1.82) is 0 Å². The van der Waals surface area contributed by atoms with E-state index in [4.69, 9.17) is 4.74 Å². The van der Waals surface area contributed by atoms with Crippen LogP contribution in [0.15, 0.2) is 29.3 Å². The number of nitro benzene ring substituents is 1. The predicted molar refractivity (Wildman–Crippen MR) is 118 cm³/mol. The molecule has 0 amide bonds. The third-order valence-corrected chi connectivity index (χ3v) is 5.43. The number of likely N-dealkylation sites (tertiary alicyclic amines) is 1. The Balaban J connectivity index is 0.00000280. The van der Waals surface area contributed by atoms with Gasteiger partial charge in [0.15, 0.2) is 5.96 Å². The second-order valence-corrected chi connectivity index (χ2v) is 7.44. The van der Waals surface area contributed by atoms with Gasteiger partial charge in [0.05, 0.1) is 11.5 Å². The summed E-state index contributed by atoms with van der Waals surface area (Å²) in [6.07, 6.45) is 4.45. The zero-order valence-electron chi connectivity index (χ0n) is 16.2. The lowest BCUT2D eigenvalue weighted by Crippen LogP contribution is -2.43. The molecule has 1 aliphatic heterocycles. The highest BCUT2D eigenvalue weighted by Gasteiger charge is 2.43. The number of nitrogens with one attached hydrogen (secondary N) is 1. The maximum atomic E-state index is 10.7. The van der Waals surface area contributed by atoms with Gasteiger partial charge in [-0.05, 0) is 43.7 Å². The Labute approximate surface area is 182 Å². The van der Waals surface area contributed by atoms with Crippen LogP contribution < -0.4 is 10.1 Å². The van der Waals surface area contributed by atoms with E-state index in [1.165, 1.54) is 49.9 Å². The number of rotatable bonds is 7. The number of aliphatic hydroxyl groups excluding tert-OH is 1. The van der Waals surface area contributed by atoms with Crippen LogP contribution in [0.3, 0.4) is 0 Å². The summed E-state index contributed by atoms with van der Waals surface area (Å²) in [6.45, 7) is 5.23. The van der Waals surface area contributed by atoms with Crippen molar-refractivity contribution < 1.29 is 14.8 Å². The first-order chi connectivity index (χ1) is 13.0. The first-order valence-corrected chi connectivity index (χ1v) is 9.60. The number of aliphatic imine (C=N–C) groups is 1. The molecule has 1 saturated carbocycles. The van der Waals surface area contributed by atoms with Crippen molar-refractivity contribution >= 4 is 35.6 Å². The summed E-state index contributed by atoms with van der Waals surface area (Å²) in [4.78, 5) is 17.1. The lowest BCUT2D eigenvalue weighted by atomic mass is 9.68. The highest BCUT2D eigenvalue weighted by atomic mass is 127. The summed E-state index contributed by atoms with van der Waals surface area (Å²) in [5.74, 6) is 1.35. The Morgan fingerprint density at radius 1 is 1.39 bits per heavy atom. The molecular weight excluding hydrogens is 475 g/mol. The normalized spacial score (nSPS) is 18.9. The maximum absolute atomic E-state index is 10.7. The first-order valence-electron chi connectivity index (χ1n) is 9.60. The lowest BCUT2D eigenvalue weighted by molar-refractivity contribution is -0.384. The first kappa shape index (κ1) is 22.7. The van der Waals surface area contributed by atoms with Gasteiger partial charge in [-0.3, -0.25) is 15.1 Å². The molecule has 2 N–H and O–H groups in total. The molecule has 3 rings (SSSR count). The third-order valence-electron chi connectivity index (χ3n) is 5.43. The average molecular weight is 504 g/mol. The van der Waals surface area contributed by atoms with Gasteiger partial charge in [-0.25, -0.2) is 0 Å². The van der Waals surface area contributed by atoms with Gasteiger partial charge in [-0.2, -0.15) is 0 Å². The molecule has 2 fully saturated rings. The van der Waals surface area contributed by atoms with Crippen LogP contribution in [0.5, 0.6) is 5.75 Å². The molecule has 8 nitrogen and oxygen atoms in total. The number of guanidine groups is 1. The Bertz CT molecular complexity index is 679. The minimum atomic E-state index is -0.742. The molecule has 1 unspecified atom stereocenters. The summed E-state index contributed by atoms with van der Waals surface area (Å²) in [5.41, 5.74) is 0.506. The van der Waals surface area contributed by atoms with E-state index < -0.39 is 11.0 Å². The average Bonchev–Trinajstić information content (AvgIpc) is 3.10. The molecule has 1 aromatic carbocycles. The molecule has 0 aromatic heterocycles. The molecule has 0 radical (unpaired) electrons. The maximum Gasteiger partial charge on any atom is 0.269 e. The number of nitro groups is 1. The van der Waals surface area contributed by atoms with Gasteiger partial charge < -0.3 is 20.1 Å². The molecule has 0 bridgehead atoms. The van der Waals surface area contributed by atoms with Crippen molar-refractivity contribution in [2.45, 2.75) is 38.7 Å². The van der Waals surface area contributed by atoms with Crippen molar-refractivity contribution in [2.24, 2.45) is 10.4 Å². The van der Waals surface area contributed by atoms with Gasteiger partial charge in [0.2, 0.25) is 0 Å². The molecule has 1 atom stereocenters. The Kier molecular flexibility index (Phi) is 8.29. The van der Waals surface area contributed by atoms with Crippen LogP contribution >= 0.6 is 24.0 Å². The van der Waals surface area contributed by atoms with Crippen molar-refractivity contribution in [3.8, 4) is 5.75 Å². The largest absolute Gasteiger partial charge is 0.491 e. The van der Waals surface area contributed by atoms with Gasteiger partial charge in [-0.15, -0.1) is 24.0 Å². The summed E-state index contributed by atoms with van der Waals surface area (Å²) in [5, 5.41) is 24.2. The van der Waals surface area contributed by atoms with E-state index in [2.05, 4.69) is 15.2 Å². The molecule has 28 heavy (non-hydrogen) atoms. The van der Waals surface area contributed by atoms with Crippen LogP contribution in [0.1, 0.15) is 32.6 Å². The molecule has 1 saturated heterocycles. The third kappa shape index (κ3) is 5.69. The SMILES string of the molecule is CCNC(=NCC(O)COc1ccc([N+](=O)[O-])cc1)N1CCC2(CCC2)C1.I. The smallest absolute Gasteiger partial charge is 0.269 e. The molecular formula is C19H29IN4O4. The Hall–Kier alpha value is -1.62. The van der Waals surface area contributed by atoms with Gasteiger partial charge in [0.1, 0.15) is 18.5 Å². The van der Waals surface area contributed by atoms with Crippen LogP contribution in [0.2, 0.25) is 0 Å². The van der Waals surface area contributed by atoms with Gasteiger partial charge in [0.25, 0.3) is 5.69 Å². The molecule has 1 aromatic rings. The van der Waals surface area contributed by atoms with Gasteiger partial charge >= 0.3 is 0 Å². The molecule has 9 heteroatoms. The fraction of sp³-hybridized carbons (Fsp3) is 0.632. The number of non-ortho nitro benzene ring substituents is 1. The van der Waals surface area contributed by atoms with E-state index >= 15 is 0 Å². The van der Waals surface area contributed by atoms with Crippen molar-refractivity contribution in [1.82, 2.24) is 10.2 Å². The minimum absolute atomic E-state index is 0. The number of nitrogens with zero attached hydrogens (tertiary/aromatic N) is 3. The van der Waals surface area contributed by atoms with Crippen molar-refractivity contribution in [3.63, 3.8) is 0 Å². The van der Waals surface area contributed by atoms with Crippen LogP contribution in [-0.2, 0) is 0 Å². The monoisotopic (exact) mass is 504 g/mol. The second kappa shape index (κ2) is 10.2. The van der Waals surface area contributed by atoms with E-state index in [1.54, 1.807) is 0 Å². The topological polar surface area (TPSA) is 100 Å². The summed E-state index contributed by atoms with van der Waals surface area (Å²) < 4.78 is 5.50. The molecule has 2 aliphatic rings. The number of ether oxygens (including phenoxy) is 1. The number of hydrogen-bond acceptors (Lipinski definition) is 5. The molecule has 1 aliphatic carbocycles. The van der Waals surface area contributed by atoms with Crippen LogP contribution in [0, 0.1) is 15.5 Å². The summed E-state index contributed by atoms with van der Waals surface area (Å²) in [6, 6.07) is 5.82. The van der Waals surface area contributed by atoms with Crippen LogP contribution in [-0.4, -0.2) is 59.8 Å². The van der Waals surface area contributed by atoms with E-state index in [1.807, 2.05) is 6.92 Å². The predicted octanol–water partition coefficient (Wildman–Crippen LogP) is 2.79. The number of hydrogen-bond donors (Lipinski definition) is 2. The fourth-order valence-electron chi connectivity index (χ4n) is 3.73. The van der Waals surface area contributed by atoms with E-state index in [9.17, 15) is 15.2 Å². The highest BCUT2D eigenvalue weighted by molar-refractivity contribution is 14.0. The molecule has 1 heterocycles. The van der Waals surface area contributed by atoms with Crippen molar-refractivity contribution in [2.75, 3.05) is 32.8 Å². The van der Waals surface area contributed by atoms with Gasteiger partial charge in [0, 0.05) is 31.8 Å². The Morgan fingerprint density at radius 2 is 2.11 bits per heavy atom. The van der Waals surface area contributed by atoms with Crippen molar-refractivity contribution in [3.05, 3.63) is 34.4 Å². The van der Waals surface area contributed by atoms with Crippen LogP contribution in [0.25, 0.3) is 0 Å². The van der Waals surface area contributed by atoms with Gasteiger partial charge in [-0.1, -0.05) is 6.42 Å².